The first kappa shape index (κ1) is 15.0. The van der Waals surface area contributed by atoms with Crippen molar-refractivity contribution in [3.8, 4) is 0 Å². The lowest BCUT2D eigenvalue weighted by atomic mass is 9.77. The summed E-state index contributed by atoms with van der Waals surface area (Å²) in [4.78, 5) is 10.7. The second kappa shape index (κ2) is 5.71. The van der Waals surface area contributed by atoms with Gasteiger partial charge in [0, 0.05) is 4.88 Å². The van der Waals surface area contributed by atoms with Crippen LogP contribution in [0.3, 0.4) is 0 Å². The number of halogens is 1. The Bertz CT molecular complexity index is 660. The number of rotatable bonds is 3. The maximum atomic E-state index is 9.93. The van der Waals surface area contributed by atoms with Crippen molar-refractivity contribution in [2.24, 2.45) is 5.92 Å². The summed E-state index contributed by atoms with van der Waals surface area (Å²) >= 11 is 7.66. The van der Waals surface area contributed by atoms with Crippen LogP contribution in [0.15, 0.2) is 6.07 Å². The van der Waals surface area contributed by atoms with E-state index in [1.165, 1.54) is 11.3 Å². The van der Waals surface area contributed by atoms with Crippen molar-refractivity contribution in [1.29, 1.82) is 0 Å². The lowest BCUT2D eigenvalue weighted by Crippen LogP contribution is -2.46. The summed E-state index contributed by atoms with van der Waals surface area (Å²) < 4.78 is 0. The van der Waals surface area contributed by atoms with Gasteiger partial charge in [0.2, 0.25) is 5.28 Å². The molecule has 2 aromatic rings. The number of aliphatic hydroxyl groups excluding tert-OH is 1. The van der Waals surface area contributed by atoms with E-state index in [2.05, 4.69) is 35.2 Å². The highest BCUT2D eigenvalue weighted by molar-refractivity contribution is 7.18. The van der Waals surface area contributed by atoms with Crippen molar-refractivity contribution in [3.63, 3.8) is 0 Å². The van der Waals surface area contributed by atoms with Crippen LogP contribution in [0.5, 0.6) is 0 Å². The van der Waals surface area contributed by atoms with Gasteiger partial charge in [0.1, 0.15) is 10.6 Å². The number of hydrogen-bond acceptors (Lipinski definition) is 5. The maximum absolute atomic E-state index is 9.93. The van der Waals surface area contributed by atoms with Gasteiger partial charge in [-0.05, 0) is 43.4 Å². The molecular weight excluding hydrogens is 306 g/mol. The Morgan fingerprint density at radius 3 is 3.05 bits per heavy atom. The molecule has 0 spiro atoms. The van der Waals surface area contributed by atoms with E-state index < -0.39 is 0 Å². The van der Waals surface area contributed by atoms with Crippen molar-refractivity contribution >= 4 is 39.0 Å². The number of nitrogens with zero attached hydrogens (tertiary/aromatic N) is 2. The van der Waals surface area contributed by atoms with Gasteiger partial charge in [-0.3, -0.25) is 0 Å². The van der Waals surface area contributed by atoms with Crippen LogP contribution < -0.4 is 5.32 Å². The molecule has 3 rings (SSSR count). The van der Waals surface area contributed by atoms with E-state index in [1.807, 2.05) is 0 Å². The van der Waals surface area contributed by atoms with Crippen molar-refractivity contribution in [3.05, 3.63) is 16.2 Å². The summed E-state index contributed by atoms with van der Waals surface area (Å²) in [6.07, 6.45) is 4.26. The van der Waals surface area contributed by atoms with Gasteiger partial charge in [-0.2, -0.15) is 0 Å². The second-order valence-electron chi connectivity index (χ2n) is 6.18. The van der Waals surface area contributed by atoms with Gasteiger partial charge < -0.3 is 10.4 Å². The third-order valence-electron chi connectivity index (χ3n) is 4.27. The molecule has 2 heterocycles. The number of fused-ring (bicyclic) bond motifs is 1. The number of nitrogens with one attached hydrogen (secondary N) is 1. The summed E-state index contributed by atoms with van der Waals surface area (Å²) in [6, 6.07) is 2.08. The van der Waals surface area contributed by atoms with Gasteiger partial charge >= 0.3 is 0 Å². The molecule has 0 aromatic carbocycles. The summed E-state index contributed by atoms with van der Waals surface area (Å²) in [5.74, 6) is 1.35. The first-order valence-corrected chi connectivity index (χ1v) is 8.53. The van der Waals surface area contributed by atoms with Gasteiger partial charge in [-0.1, -0.05) is 19.8 Å². The van der Waals surface area contributed by atoms with Crippen LogP contribution in [-0.4, -0.2) is 27.2 Å². The Morgan fingerprint density at radius 2 is 2.33 bits per heavy atom. The van der Waals surface area contributed by atoms with Crippen molar-refractivity contribution in [1.82, 2.24) is 9.97 Å². The molecule has 21 heavy (non-hydrogen) atoms. The van der Waals surface area contributed by atoms with Crippen LogP contribution in [0.25, 0.3) is 10.2 Å². The molecule has 0 amide bonds. The molecule has 1 aliphatic rings. The minimum atomic E-state index is -0.294. The van der Waals surface area contributed by atoms with E-state index >= 15 is 0 Å². The molecule has 2 aromatic heterocycles. The maximum Gasteiger partial charge on any atom is 0.225 e. The lowest BCUT2D eigenvalue weighted by Gasteiger charge is -2.39. The Morgan fingerprint density at radius 1 is 1.52 bits per heavy atom. The zero-order chi connectivity index (χ0) is 15.0. The van der Waals surface area contributed by atoms with E-state index in [0.717, 1.165) is 35.3 Å². The molecule has 6 heteroatoms. The fourth-order valence-electron chi connectivity index (χ4n) is 3.32. The molecule has 0 aliphatic heterocycles. The van der Waals surface area contributed by atoms with Crippen molar-refractivity contribution < 1.29 is 5.11 Å². The minimum Gasteiger partial charge on any atom is -0.394 e. The first-order chi connectivity index (χ1) is 10.0. The highest BCUT2D eigenvalue weighted by Crippen LogP contribution is 2.37. The lowest BCUT2D eigenvalue weighted by molar-refractivity contribution is 0.149. The van der Waals surface area contributed by atoms with Crippen LogP contribution in [0, 0.1) is 12.8 Å². The van der Waals surface area contributed by atoms with E-state index in [1.54, 1.807) is 11.3 Å². The normalized spacial score (nSPS) is 26.2. The Kier molecular flexibility index (Phi) is 4.08. The molecule has 1 saturated carbocycles. The molecule has 0 bridgehead atoms. The van der Waals surface area contributed by atoms with E-state index in [-0.39, 0.29) is 17.4 Å². The van der Waals surface area contributed by atoms with Crippen LogP contribution in [0.2, 0.25) is 5.28 Å². The summed E-state index contributed by atoms with van der Waals surface area (Å²) in [6.45, 7) is 4.40. The predicted molar refractivity (Wildman–Crippen MR) is 88.2 cm³/mol. The molecule has 2 unspecified atom stereocenters. The number of thiophene rings is 1. The van der Waals surface area contributed by atoms with Gasteiger partial charge in [0.05, 0.1) is 17.5 Å². The van der Waals surface area contributed by atoms with Crippen LogP contribution in [-0.2, 0) is 0 Å². The third-order valence-corrected chi connectivity index (χ3v) is 5.38. The zero-order valence-electron chi connectivity index (χ0n) is 12.3. The van der Waals surface area contributed by atoms with Crippen LogP contribution in [0.1, 0.15) is 37.5 Å². The molecule has 4 nitrogen and oxygen atoms in total. The van der Waals surface area contributed by atoms with Crippen LogP contribution in [0.4, 0.5) is 5.82 Å². The summed E-state index contributed by atoms with van der Waals surface area (Å²) in [5.41, 5.74) is -0.294. The summed E-state index contributed by atoms with van der Waals surface area (Å²) in [7, 11) is 0. The highest BCUT2D eigenvalue weighted by atomic mass is 35.5. The molecule has 1 aliphatic carbocycles. The van der Waals surface area contributed by atoms with Crippen LogP contribution >= 0.6 is 22.9 Å². The number of aromatic nitrogens is 2. The number of aryl methyl sites for hydroxylation is 1. The molecule has 0 saturated heterocycles. The van der Waals surface area contributed by atoms with E-state index in [9.17, 15) is 5.11 Å². The van der Waals surface area contributed by atoms with Gasteiger partial charge in [-0.15, -0.1) is 11.3 Å². The largest absolute Gasteiger partial charge is 0.394 e. The van der Waals surface area contributed by atoms with Crippen molar-refractivity contribution in [2.75, 3.05) is 11.9 Å². The van der Waals surface area contributed by atoms with Crippen molar-refractivity contribution in [2.45, 2.75) is 45.1 Å². The topological polar surface area (TPSA) is 58.0 Å². The second-order valence-corrected chi connectivity index (χ2v) is 7.75. The quantitative estimate of drug-likeness (QED) is 0.837. The molecule has 2 N–H and O–H groups in total. The molecule has 2 atom stereocenters. The average molecular weight is 326 g/mol. The number of anilines is 1. The fraction of sp³-hybridized carbons (Fsp3) is 0.600. The molecule has 114 valence electrons. The monoisotopic (exact) mass is 325 g/mol. The fourth-order valence-corrected chi connectivity index (χ4v) is 4.42. The Hall–Kier alpha value is -0.910. The smallest absolute Gasteiger partial charge is 0.225 e. The number of aliphatic hydroxyl groups is 1. The Labute approximate surface area is 133 Å². The Balaban J connectivity index is 1.99. The van der Waals surface area contributed by atoms with E-state index in [4.69, 9.17) is 11.6 Å². The van der Waals surface area contributed by atoms with E-state index in [0.29, 0.717) is 5.92 Å². The molecule has 1 fully saturated rings. The van der Waals surface area contributed by atoms with Gasteiger partial charge in [0.25, 0.3) is 0 Å². The molecule has 0 radical (unpaired) electrons. The minimum absolute atomic E-state index is 0.115. The predicted octanol–water partition coefficient (Wildman–Crippen LogP) is 4.01. The highest BCUT2D eigenvalue weighted by Gasteiger charge is 2.35. The SMILES string of the molecule is Cc1cc2c(NC3(CO)CCCC(C)C3)nc(Cl)nc2s1. The zero-order valence-corrected chi connectivity index (χ0v) is 13.9. The van der Waals surface area contributed by atoms with Gasteiger partial charge in [0.15, 0.2) is 0 Å². The first-order valence-electron chi connectivity index (χ1n) is 7.34. The standard InChI is InChI=1S/C15H20ClN3OS/c1-9-4-3-5-15(7-9,8-20)19-12-11-6-10(2)21-13(11)18-14(16)17-12/h6,9,20H,3-5,7-8H2,1-2H3,(H,17,18,19). The third kappa shape index (κ3) is 3.00. The number of hydrogen-bond donors (Lipinski definition) is 2. The summed E-state index contributed by atoms with van der Waals surface area (Å²) in [5, 5.41) is 14.7. The molecular formula is C15H20ClN3OS. The van der Waals surface area contributed by atoms with Gasteiger partial charge in [-0.25, -0.2) is 9.97 Å². The average Bonchev–Trinajstić information content (AvgIpc) is 2.79.